The van der Waals surface area contributed by atoms with Gasteiger partial charge in [-0.1, -0.05) is 18.2 Å². The molecule has 0 radical (unpaired) electrons. The minimum atomic E-state index is -4.39. The predicted molar refractivity (Wildman–Crippen MR) is 97.2 cm³/mol. The highest BCUT2D eigenvalue weighted by Gasteiger charge is 2.33. The van der Waals surface area contributed by atoms with Gasteiger partial charge in [0.15, 0.2) is 0 Å². The first-order valence-corrected chi connectivity index (χ1v) is 8.93. The molecule has 0 unspecified atom stereocenters. The van der Waals surface area contributed by atoms with Gasteiger partial charge in [-0.15, -0.1) is 0 Å². The topological polar surface area (TPSA) is 84.5 Å². The van der Waals surface area contributed by atoms with E-state index in [4.69, 9.17) is 0 Å². The van der Waals surface area contributed by atoms with Gasteiger partial charge in [-0.3, -0.25) is 24.5 Å². The Bertz CT molecular complexity index is 933. The summed E-state index contributed by atoms with van der Waals surface area (Å²) in [6.45, 7) is 3.36. The molecule has 1 saturated heterocycles. The molecular formula is C18H20F3N5O3. The summed E-state index contributed by atoms with van der Waals surface area (Å²) in [5, 5.41) is 15.3. The quantitative estimate of drug-likeness (QED) is 0.570. The van der Waals surface area contributed by atoms with Crippen LogP contribution in [0.1, 0.15) is 27.3 Å². The lowest BCUT2D eigenvalue weighted by Gasteiger charge is -2.34. The van der Waals surface area contributed by atoms with Gasteiger partial charge < -0.3 is 4.90 Å². The number of nitrogens with zero attached hydrogens (tertiary/aromatic N) is 5. The number of piperazine rings is 1. The van der Waals surface area contributed by atoms with E-state index in [1.807, 2.05) is 4.90 Å². The summed E-state index contributed by atoms with van der Waals surface area (Å²) in [5.41, 5.74) is -0.357. The van der Waals surface area contributed by atoms with Crippen molar-refractivity contribution in [3.8, 4) is 0 Å². The van der Waals surface area contributed by atoms with Crippen molar-refractivity contribution in [3.63, 3.8) is 0 Å². The van der Waals surface area contributed by atoms with Gasteiger partial charge in [-0.05, 0) is 18.6 Å². The van der Waals surface area contributed by atoms with Crippen LogP contribution in [0.4, 0.5) is 18.9 Å². The van der Waals surface area contributed by atoms with Gasteiger partial charge in [0.1, 0.15) is 5.69 Å². The first kappa shape index (κ1) is 20.8. The number of hydrogen-bond donors (Lipinski definition) is 0. The zero-order valence-electron chi connectivity index (χ0n) is 15.9. The lowest BCUT2D eigenvalue weighted by atomic mass is 10.1. The number of carbonyl (C=O) groups is 1. The monoisotopic (exact) mass is 411 g/mol. The molecule has 1 aromatic carbocycles. The van der Waals surface area contributed by atoms with Crippen LogP contribution in [-0.4, -0.2) is 56.6 Å². The van der Waals surface area contributed by atoms with E-state index in [0.29, 0.717) is 44.0 Å². The third kappa shape index (κ3) is 4.39. The van der Waals surface area contributed by atoms with Crippen molar-refractivity contribution in [2.24, 2.45) is 7.05 Å². The molecule has 0 saturated carbocycles. The van der Waals surface area contributed by atoms with E-state index in [-0.39, 0.29) is 11.4 Å². The number of nitro groups is 1. The molecule has 11 heteroatoms. The fourth-order valence-electron chi connectivity index (χ4n) is 3.32. The van der Waals surface area contributed by atoms with Crippen LogP contribution in [0.5, 0.6) is 0 Å². The first-order chi connectivity index (χ1) is 13.6. The normalized spacial score (nSPS) is 15.6. The average Bonchev–Trinajstić information content (AvgIpc) is 2.96. The van der Waals surface area contributed by atoms with Crippen molar-refractivity contribution in [2.45, 2.75) is 19.6 Å². The zero-order valence-corrected chi connectivity index (χ0v) is 15.9. The molecule has 3 rings (SSSR count). The highest BCUT2D eigenvalue weighted by molar-refractivity contribution is 5.96. The number of halogens is 3. The molecular weight excluding hydrogens is 391 g/mol. The Morgan fingerprint density at radius 1 is 1.24 bits per heavy atom. The van der Waals surface area contributed by atoms with Crippen molar-refractivity contribution in [2.75, 3.05) is 26.2 Å². The van der Waals surface area contributed by atoms with E-state index < -0.39 is 22.6 Å². The van der Waals surface area contributed by atoms with Crippen LogP contribution < -0.4 is 0 Å². The molecule has 1 aromatic heterocycles. The summed E-state index contributed by atoms with van der Waals surface area (Å²) in [6.07, 6.45) is -4.39. The fourth-order valence-corrected chi connectivity index (χ4v) is 3.32. The van der Waals surface area contributed by atoms with Gasteiger partial charge in [0.05, 0.1) is 10.5 Å². The number of carbonyl (C=O) groups excluding carboxylic acids is 1. The number of alkyl halides is 3. The summed E-state index contributed by atoms with van der Waals surface area (Å²) < 4.78 is 39.9. The molecule has 0 atom stereocenters. The SMILES string of the molecule is Cc1c([N+](=O)[O-])c(C(=O)N2CCN(Cc3cccc(C(F)(F)F)c3)CC2)nn1C. The van der Waals surface area contributed by atoms with Crippen molar-refractivity contribution in [1.29, 1.82) is 0 Å². The molecule has 0 spiro atoms. The highest BCUT2D eigenvalue weighted by Crippen LogP contribution is 2.30. The maximum Gasteiger partial charge on any atom is 0.416 e. The number of rotatable bonds is 4. The molecule has 0 aliphatic carbocycles. The van der Waals surface area contributed by atoms with E-state index in [9.17, 15) is 28.1 Å². The third-order valence-corrected chi connectivity index (χ3v) is 5.01. The molecule has 0 N–H and O–H groups in total. The minimum Gasteiger partial charge on any atom is -0.334 e. The van der Waals surface area contributed by atoms with Crippen molar-refractivity contribution < 1.29 is 22.9 Å². The van der Waals surface area contributed by atoms with Crippen LogP contribution in [0.2, 0.25) is 0 Å². The summed E-state index contributed by atoms with van der Waals surface area (Å²) in [4.78, 5) is 26.8. The molecule has 2 aromatic rings. The van der Waals surface area contributed by atoms with Crippen LogP contribution in [-0.2, 0) is 19.8 Å². The van der Waals surface area contributed by atoms with Gasteiger partial charge in [0.2, 0.25) is 5.69 Å². The summed E-state index contributed by atoms with van der Waals surface area (Å²) in [5.74, 6) is -0.515. The van der Waals surface area contributed by atoms with E-state index in [2.05, 4.69) is 5.10 Å². The van der Waals surface area contributed by atoms with Crippen LogP contribution >= 0.6 is 0 Å². The maximum atomic E-state index is 12.9. The van der Waals surface area contributed by atoms with Crippen molar-refractivity contribution in [3.05, 3.63) is 56.9 Å². The van der Waals surface area contributed by atoms with Gasteiger partial charge in [-0.25, -0.2) is 0 Å². The summed E-state index contributed by atoms with van der Waals surface area (Å²) >= 11 is 0. The standard InChI is InChI=1S/C18H20F3N5O3/c1-12-16(26(28)29)15(22-23(12)2)17(27)25-8-6-24(7-9-25)11-13-4-3-5-14(10-13)18(19,20)21/h3-5,10H,6-9,11H2,1-2H3. The van der Waals surface area contributed by atoms with E-state index in [1.54, 1.807) is 6.07 Å². The Hall–Kier alpha value is -2.95. The smallest absolute Gasteiger partial charge is 0.334 e. The third-order valence-electron chi connectivity index (χ3n) is 5.01. The molecule has 1 aliphatic heterocycles. The highest BCUT2D eigenvalue weighted by atomic mass is 19.4. The minimum absolute atomic E-state index is 0.193. The second-order valence-corrected chi connectivity index (χ2v) is 6.93. The lowest BCUT2D eigenvalue weighted by Crippen LogP contribution is -2.48. The Morgan fingerprint density at radius 3 is 2.48 bits per heavy atom. The maximum absolute atomic E-state index is 12.9. The summed E-state index contributed by atoms with van der Waals surface area (Å²) in [7, 11) is 1.53. The van der Waals surface area contributed by atoms with E-state index in [0.717, 1.165) is 12.1 Å². The van der Waals surface area contributed by atoms with E-state index >= 15 is 0 Å². The number of benzene rings is 1. The van der Waals surface area contributed by atoms with Gasteiger partial charge in [0.25, 0.3) is 5.91 Å². The van der Waals surface area contributed by atoms with Gasteiger partial charge in [0, 0.05) is 39.8 Å². The zero-order chi connectivity index (χ0) is 21.3. The Labute approximate surface area is 164 Å². The molecule has 0 bridgehead atoms. The van der Waals surface area contributed by atoms with Gasteiger partial charge in [-0.2, -0.15) is 18.3 Å². The fraction of sp³-hybridized carbons (Fsp3) is 0.444. The molecule has 1 amide bonds. The predicted octanol–water partition coefficient (Wildman–Crippen LogP) is 2.61. The largest absolute Gasteiger partial charge is 0.416 e. The van der Waals surface area contributed by atoms with Crippen LogP contribution in [0.25, 0.3) is 0 Å². The molecule has 156 valence electrons. The van der Waals surface area contributed by atoms with Crippen LogP contribution in [0, 0.1) is 17.0 Å². The number of amides is 1. The second kappa shape index (κ2) is 7.82. The molecule has 1 aliphatic rings. The average molecular weight is 411 g/mol. The van der Waals surface area contributed by atoms with Crippen LogP contribution in [0.3, 0.4) is 0 Å². The first-order valence-electron chi connectivity index (χ1n) is 8.93. The summed E-state index contributed by atoms with van der Waals surface area (Å²) in [6, 6.07) is 5.16. The second-order valence-electron chi connectivity index (χ2n) is 6.93. The Kier molecular flexibility index (Phi) is 5.60. The number of aryl methyl sites for hydroxylation is 1. The Morgan fingerprint density at radius 2 is 1.90 bits per heavy atom. The number of hydrogen-bond acceptors (Lipinski definition) is 5. The van der Waals surface area contributed by atoms with Crippen molar-refractivity contribution in [1.82, 2.24) is 19.6 Å². The Balaban J connectivity index is 1.65. The molecule has 29 heavy (non-hydrogen) atoms. The molecule has 2 heterocycles. The number of aromatic nitrogens is 2. The molecule has 1 fully saturated rings. The van der Waals surface area contributed by atoms with Gasteiger partial charge >= 0.3 is 11.9 Å². The van der Waals surface area contributed by atoms with E-state index in [1.165, 1.54) is 29.6 Å². The molecule has 8 nitrogen and oxygen atoms in total. The lowest BCUT2D eigenvalue weighted by molar-refractivity contribution is -0.385. The van der Waals surface area contributed by atoms with Crippen molar-refractivity contribution >= 4 is 11.6 Å². The van der Waals surface area contributed by atoms with Crippen LogP contribution in [0.15, 0.2) is 24.3 Å².